The highest BCUT2D eigenvalue weighted by Gasteiger charge is 2.25. The number of nitrogens with one attached hydrogen (secondary N) is 1. The van der Waals surface area contributed by atoms with Gasteiger partial charge in [0.15, 0.2) is 0 Å². The van der Waals surface area contributed by atoms with Crippen molar-refractivity contribution in [1.29, 1.82) is 5.26 Å². The van der Waals surface area contributed by atoms with Gasteiger partial charge in [-0.3, -0.25) is 9.69 Å². The lowest BCUT2D eigenvalue weighted by molar-refractivity contribution is 0.102. The summed E-state index contributed by atoms with van der Waals surface area (Å²) in [4.78, 5) is 16.4. The minimum atomic E-state index is -0.234. The Hall–Kier alpha value is -3.63. The first-order chi connectivity index (χ1) is 16.7. The monoisotopic (exact) mass is 501 g/mol. The van der Waals surface area contributed by atoms with Gasteiger partial charge < -0.3 is 10.1 Å². The quantitative estimate of drug-likeness (QED) is 0.321. The molecule has 3 aromatic carbocycles. The molecule has 0 saturated heterocycles. The Balaban J connectivity index is 0.00000289. The third-order valence-electron chi connectivity index (χ3n) is 5.82. The molecule has 1 aliphatic rings. The van der Waals surface area contributed by atoms with Crippen LogP contribution in [0, 0.1) is 11.3 Å². The number of hydrogen-bond acceptors (Lipinski definition) is 5. The molecular formula is C28H24ClN3O2S. The maximum atomic E-state index is 12.9. The molecule has 5 rings (SSSR count). The molecule has 0 bridgehead atoms. The van der Waals surface area contributed by atoms with E-state index in [-0.39, 0.29) is 18.3 Å². The van der Waals surface area contributed by atoms with Gasteiger partial charge in [0.2, 0.25) is 0 Å². The van der Waals surface area contributed by atoms with Gasteiger partial charge in [-0.15, -0.1) is 23.7 Å². The number of halogens is 1. The average molecular weight is 502 g/mol. The van der Waals surface area contributed by atoms with Crippen molar-refractivity contribution in [3.05, 3.63) is 112 Å². The summed E-state index contributed by atoms with van der Waals surface area (Å²) >= 11 is 1.51. The van der Waals surface area contributed by atoms with Crippen LogP contribution in [0.2, 0.25) is 0 Å². The summed E-state index contributed by atoms with van der Waals surface area (Å²) in [5.41, 5.74) is 3.45. The van der Waals surface area contributed by atoms with Crippen LogP contribution in [0.4, 0.5) is 5.00 Å². The predicted octanol–water partition coefficient (Wildman–Crippen LogP) is 6.64. The van der Waals surface area contributed by atoms with Gasteiger partial charge in [0, 0.05) is 30.1 Å². The van der Waals surface area contributed by atoms with Gasteiger partial charge in [-0.05, 0) is 53.9 Å². The lowest BCUT2D eigenvalue weighted by Gasteiger charge is -2.26. The third kappa shape index (κ3) is 5.72. The fourth-order valence-electron chi connectivity index (χ4n) is 4.11. The zero-order chi connectivity index (χ0) is 23.3. The van der Waals surface area contributed by atoms with Gasteiger partial charge in [-0.2, -0.15) is 5.26 Å². The zero-order valence-corrected chi connectivity index (χ0v) is 20.6. The van der Waals surface area contributed by atoms with Crippen LogP contribution in [-0.4, -0.2) is 17.4 Å². The second kappa shape index (κ2) is 11.2. The van der Waals surface area contributed by atoms with E-state index in [9.17, 15) is 10.1 Å². The average Bonchev–Trinajstić information content (AvgIpc) is 3.21. The molecule has 0 atom stereocenters. The number of amides is 1. The van der Waals surface area contributed by atoms with E-state index in [4.69, 9.17) is 4.74 Å². The summed E-state index contributed by atoms with van der Waals surface area (Å²) in [5, 5.41) is 13.4. The molecule has 0 radical (unpaired) electrons. The first-order valence-electron chi connectivity index (χ1n) is 11.1. The number of nitrogens with zero attached hydrogens (tertiary/aromatic N) is 2. The molecule has 2 heterocycles. The number of para-hydroxylation sites is 1. The fraction of sp³-hybridized carbons (Fsp3) is 0.143. The van der Waals surface area contributed by atoms with Crippen LogP contribution in [0.1, 0.15) is 31.9 Å². The van der Waals surface area contributed by atoms with E-state index in [2.05, 4.69) is 40.6 Å². The summed E-state index contributed by atoms with van der Waals surface area (Å²) < 4.78 is 5.80. The number of ether oxygens (including phenoxy) is 1. The molecule has 1 N–H and O–H groups in total. The van der Waals surface area contributed by atoms with Crippen LogP contribution in [0.25, 0.3) is 0 Å². The van der Waals surface area contributed by atoms with Crippen LogP contribution >= 0.6 is 23.7 Å². The van der Waals surface area contributed by atoms with E-state index in [0.29, 0.717) is 21.9 Å². The summed E-state index contributed by atoms with van der Waals surface area (Å²) in [7, 11) is 0. The summed E-state index contributed by atoms with van der Waals surface area (Å²) in [6.45, 7) is 2.55. The first-order valence-corrected chi connectivity index (χ1v) is 12.0. The van der Waals surface area contributed by atoms with Crippen LogP contribution < -0.4 is 10.1 Å². The lowest BCUT2D eigenvalue weighted by atomic mass is 10.0. The van der Waals surface area contributed by atoms with Crippen molar-refractivity contribution in [3.63, 3.8) is 0 Å². The van der Waals surface area contributed by atoms with Gasteiger partial charge in [0.1, 0.15) is 22.6 Å². The molecule has 0 aliphatic carbocycles. The smallest absolute Gasteiger partial charge is 0.256 e. The number of thiophene rings is 1. The minimum Gasteiger partial charge on any atom is -0.457 e. The number of rotatable bonds is 6. The van der Waals surface area contributed by atoms with E-state index in [1.54, 1.807) is 24.3 Å². The largest absolute Gasteiger partial charge is 0.457 e. The number of hydrogen-bond donors (Lipinski definition) is 1. The molecule has 1 aliphatic heterocycles. The van der Waals surface area contributed by atoms with E-state index in [1.807, 2.05) is 36.4 Å². The molecule has 0 spiro atoms. The van der Waals surface area contributed by atoms with E-state index in [1.165, 1.54) is 16.9 Å². The normalized spacial score (nSPS) is 12.7. The highest BCUT2D eigenvalue weighted by atomic mass is 35.5. The van der Waals surface area contributed by atoms with Crippen molar-refractivity contribution in [2.45, 2.75) is 19.5 Å². The molecular weight excluding hydrogens is 478 g/mol. The molecule has 1 amide bonds. The van der Waals surface area contributed by atoms with Gasteiger partial charge in [0.25, 0.3) is 5.91 Å². The maximum Gasteiger partial charge on any atom is 0.256 e. The van der Waals surface area contributed by atoms with Crippen molar-refractivity contribution in [3.8, 4) is 17.6 Å². The predicted molar refractivity (Wildman–Crippen MR) is 141 cm³/mol. The van der Waals surface area contributed by atoms with Gasteiger partial charge in [-0.1, -0.05) is 48.5 Å². The molecule has 1 aromatic heterocycles. The molecule has 0 fully saturated rings. The van der Waals surface area contributed by atoms with Crippen LogP contribution in [0.5, 0.6) is 11.5 Å². The molecule has 35 heavy (non-hydrogen) atoms. The highest BCUT2D eigenvalue weighted by Crippen LogP contribution is 2.37. The Labute approximate surface area is 215 Å². The van der Waals surface area contributed by atoms with E-state index in [0.717, 1.165) is 42.2 Å². The number of carbonyl (C=O) groups is 1. The third-order valence-corrected chi connectivity index (χ3v) is 6.95. The van der Waals surface area contributed by atoms with Crippen molar-refractivity contribution in [2.24, 2.45) is 0 Å². The number of fused-ring (bicyclic) bond motifs is 1. The molecule has 0 unspecified atom stereocenters. The molecule has 176 valence electrons. The first kappa shape index (κ1) is 24.5. The topological polar surface area (TPSA) is 65.4 Å². The fourth-order valence-corrected chi connectivity index (χ4v) is 5.35. The van der Waals surface area contributed by atoms with Gasteiger partial charge >= 0.3 is 0 Å². The van der Waals surface area contributed by atoms with Crippen LogP contribution in [0.3, 0.4) is 0 Å². The summed E-state index contributed by atoms with van der Waals surface area (Å²) in [6.07, 6.45) is 0.808. The Bertz CT molecular complexity index is 1330. The van der Waals surface area contributed by atoms with Gasteiger partial charge in [0.05, 0.1) is 5.56 Å². The summed E-state index contributed by atoms with van der Waals surface area (Å²) in [6, 6.07) is 29.2. The van der Waals surface area contributed by atoms with E-state index >= 15 is 0 Å². The summed E-state index contributed by atoms with van der Waals surface area (Å²) in [5.74, 6) is 1.16. The van der Waals surface area contributed by atoms with Crippen molar-refractivity contribution in [1.82, 2.24) is 4.90 Å². The Morgan fingerprint density at radius 3 is 2.31 bits per heavy atom. The molecule has 5 nitrogen and oxygen atoms in total. The zero-order valence-electron chi connectivity index (χ0n) is 18.9. The number of carbonyl (C=O) groups excluding carboxylic acids is 1. The molecule has 4 aromatic rings. The Morgan fingerprint density at radius 2 is 1.63 bits per heavy atom. The van der Waals surface area contributed by atoms with Crippen molar-refractivity contribution < 1.29 is 9.53 Å². The van der Waals surface area contributed by atoms with Gasteiger partial charge in [-0.25, -0.2) is 0 Å². The lowest BCUT2D eigenvalue weighted by Crippen LogP contribution is -2.29. The maximum absolute atomic E-state index is 12.9. The molecule has 7 heteroatoms. The van der Waals surface area contributed by atoms with Crippen LogP contribution in [0.15, 0.2) is 84.9 Å². The number of anilines is 1. The Kier molecular flexibility index (Phi) is 7.84. The van der Waals surface area contributed by atoms with E-state index < -0.39 is 0 Å². The highest BCUT2D eigenvalue weighted by molar-refractivity contribution is 7.16. The standard InChI is InChI=1S/C28H23N3O2S.ClH/c29-17-25-24-15-16-31(18-20-7-3-1-4-8-20)19-26(24)34-28(25)30-27(32)21-11-13-23(14-12-21)33-22-9-5-2-6-10-22;/h1-14H,15-16,18-19H2,(H,30,32);1H. The van der Waals surface area contributed by atoms with Crippen molar-refractivity contribution >= 4 is 34.7 Å². The van der Waals surface area contributed by atoms with Crippen LogP contribution in [-0.2, 0) is 19.5 Å². The second-order valence-corrected chi connectivity index (χ2v) is 9.26. The molecule has 0 saturated carbocycles. The SMILES string of the molecule is Cl.N#Cc1c(NC(=O)c2ccc(Oc3ccccc3)cc2)sc2c1CCN(Cc1ccccc1)C2. The number of benzene rings is 3. The second-order valence-electron chi connectivity index (χ2n) is 8.16. The number of nitriles is 1. The van der Waals surface area contributed by atoms with Crippen molar-refractivity contribution in [2.75, 3.05) is 11.9 Å². The Morgan fingerprint density at radius 1 is 0.971 bits per heavy atom. The minimum absolute atomic E-state index is 0.